The molecule has 0 radical (unpaired) electrons. The van der Waals surface area contributed by atoms with Gasteiger partial charge in [-0.25, -0.2) is 0 Å². The van der Waals surface area contributed by atoms with Crippen LogP contribution < -0.4 is 10.1 Å². The van der Waals surface area contributed by atoms with Crippen LogP contribution in [-0.2, 0) is 4.79 Å². The molecule has 0 atom stereocenters. The predicted octanol–water partition coefficient (Wildman–Crippen LogP) is 5.06. The number of nitrogens with one attached hydrogen (secondary N) is 1. The van der Waals surface area contributed by atoms with E-state index in [1.807, 2.05) is 43.3 Å². The van der Waals surface area contributed by atoms with Gasteiger partial charge < -0.3 is 10.1 Å². The molecule has 0 spiro atoms. The Morgan fingerprint density at radius 3 is 2.33 bits per heavy atom. The molecule has 2 aromatic carbocycles. The Kier molecular flexibility index (Phi) is 5.52. The third kappa shape index (κ3) is 4.60. The topological polar surface area (TPSA) is 38.3 Å². The summed E-state index contributed by atoms with van der Waals surface area (Å²) in [7, 11) is 0. The van der Waals surface area contributed by atoms with Crippen molar-refractivity contribution in [3.8, 4) is 5.75 Å². The highest BCUT2D eigenvalue weighted by Crippen LogP contribution is 2.33. The van der Waals surface area contributed by atoms with Crippen molar-refractivity contribution in [2.45, 2.75) is 44.9 Å². The molecule has 0 heterocycles. The summed E-state index contributed by atoms with van der Waals surface area (Å²) in [5.41, 5.74) is 3.36. The van der Waals surface area contributed by atoms with Crippen LogP contribution in [0.25, 0.3) is 0 Å². The van der Waals surface area contributed by atoms with Crippen LogP contribution in [0.5, 0.6) is 5.75 Å². The molecule has 1 amide bonds. The molecule has 1 saturated carbocycles. The molecular formula is C21H25NO2. The Balaban J connectivity index is 1.49. The maximum Gasteiger partial charge on any atom is 0.262 e. The van der Waals surface area contributed by atoms with Crippen LogP contribution in [-0.4, -0.2) is 12.5 Å². The van der Waals surface area contributed by atoms with Crippen LogP contribution in [0, 0.1) is 6.92 Å². The number of aryl methyl sites for hydroxylation is 1. The molecule has 0 saturated heterocycles. The smallest absolute Gasteiger partial charge is 0.262 e. The molecular weight excluding hydrogens is 298 g/mol. The lowest BCUT2D eigenvalue weighted by molar-refractivity contribution is -0.118. The maximum atomic E-state index is 11.9. The molecule has 1 N–H and O–H groups in total. The third-order valence-corrected chi connectivity index (χ3v) is 4.66. The molecule has 2 aromatic rings. The minimum absolute atomic E-state index is 0.0245. The first-order chi connectivity index (χ1) is 11.7. The highest BCUT2D eigenvalue weighted by molar-refractivity contribution is 5.91. The first-order valence-corrected chi connectivity index (χ1v) is 8.80. The molecule has 1 aliphatic rings. The average Bonchev–Trinajstić information content (AvgIpc) is 2.63. The van der Waals surface area contributed by atoms with Crippen LogP contribution >= 0.6 is 0 Å². The second kappa shape index (κ2) is 8.00. The second-order valence-electron chi connectivity index (χ2n) is 6.61. The van der Waals surface area contributed by atoms with E-state index in [4.69, 9.17) is 4.74 Å². The fourth-order valence-corrected chi connectivity index (χ4v) is 3.25. The Bertz CT molecular complexity index is 655. The van der Waals surface area contributed by atoms with Crippen molar-refractivity contribution in [2.24, 2.45) is 0 Å². The van der Waals surface area contributed by atoms with Gasteiger partial charge in [0.2, 0.25) is 0 Å². The summed E-state index contributed by atoms with van der Waals surface area (Å²) < 4.78 is 5.59. The number of ether oxygens (including phenoxy) is 1. The van der Waals surface area contributed by atoms with Gasteiger partial charge >= 0.3 is 0 Å². The molecule has 24 heavy (non-hydrogen) atoms. The maximum absolute atomic E-state index is 11.9. The first kappa shape index (κ1) is 16.6. The Hall–Kier alpha value is -2.29. The van der Waals surface area contributed by atoms with Gasteiger partial charge in [0.1, 0.15) is 5.75 Å². The van der Waals surface area contributed by atoms with Gasteiger partial charge in [-0.15, -0.1) is 0 Å². The lowest BCUT2D eigenvalue weighted by Crippen LogP contribution is -2.20. The van der Waals surface area contributed by atoms with E-state index in [-0.39, 0.29) is 12.5 Å². The Morgan fingerprint density at radius 1 is 1.00 bits per heavy atom. The summed E-state index contributed by atoms with van der Waals surface area (Å²) >= 11 is 0. The molecule has 0 aliphatic heterocycles. The van der Waals surface area contributed by atoms with Crippen molar-refractivity contribution in [1.82, 2.24) is 0 Å². The van der Waals surface area contributed by atoms with Gasteiger partial charge in [0, 0.05) is 5.69 Å². The fourth-order valence-electron chi connectivity index (χ4n) is 3.25. The number of amides is 1. The molecule has 1 fully saturated rings. The minimum Gasteiger partial charge on any atom is -0.484 e. The monoisotopic (exact) mass is 323 g/mol. The predicted molar refractivity (Wildman–Crippen MR) is 97.6 cm³/mol. The van der Waals surface area contributed by atoms with Gasteiger partial charge in [-0.3, -0.25) is 4.79 Å². The van der Waals surface area contributed by atoms with E-state index in [0.29, 0.717) is 5.92 Å². The van der Waals surface area contributed by atoms with E-state index in [1.54, 1.807) is 0 Å². The minimum atomic E-state index is -0.143. The zero-order valence-corrected chi connectivity index (χ0v) is 14.3. The van der Waals surface area contributed by atoms with E-state index < -0.39 is 0 Å². The van der Waals surface area contributed by atoms with E-state index in [0.717, 1.165) is 11.4 Å². The second-order valence-corrected chi connectivity index (χ2v) is 6.61. The van der Waals surface area contributed by atoms with Crippen molar-refractivity contribution in [1.29, 1.82) is 0 Å². The molecule has 0 unspecified atom stereocenters. The number of carbonyl (C=O) groups excluding carboxylic acids is 1. The van der Waals surface area contributed by atoms with E-state index in [1.165, 1.54) is 43.2 Å². The van der Waals surface area contributed by atoms with Crippen LogP contribution in [0.2, 0.25) is 0 Å². The molecule has 1 aliphatic carbocycles. The van der Waals surface area contributed by atoms with E-state index >= 15 is 0 Å². The molecule has 0 aromatic heterocycles. The summed E-state index contributed by atoms with van der Waals surface area (Å²) in [6.07, 6.45) is 6.62. The zero-order chi connectivity index (χ0) is 16.8. The highest BCUT2D eigenvalue weighted by atomic mass is 16.5. The van der Waals surface area contributed by atoms with Gasteiger partial charge in [0.15, 0.2) is 6.61 Å². The van der Waals surface area contributed by atoms with Crippen molar-refractivity contribution in [3.05, 3.63) is 59.7 Å². The lowest BCUT2D eigenvalue weighted by Gasteiger charge is -2.22. The first-order valence-electron chi connectivity index (χ1n) is 8.80. The summed E-state index contributed by atoms with van der Waals surface area (Å²) in [4.78, 5) is 11.9. The molecule has 0 bridgehead atoms. The summed E-state index contributed by atoms with van der Waals surface area (Å²) in [6.45, 7) is 2.04. The standard InChI is InChI=1S/C21H25NO2/c1-16-7-11-19(12-8-16)22-21(23)15-24-20-13-9-18(10-14-20)17-5-3-2-4-6-17/h7-14,17H,2-6,15H2,1H3,(H,22,23). The number of benzene rings is 2. The molecule has 3 heteroatoms. The number of rotatable bonds is 5. The van der Waals surface area contributed by atoms with Crippen LogP contribution in [0.4, 0.5) is 5.69 Å². The summed E-state index contributed by atoms with van der Waals surface area (Å²) in [5.74, 6) is 1.29. The summed E-state index contributed by atoms with van der Waals surface area (Å²) in [5, 5.41) is 2.84. The van der Waals surface area contributed by atoms with Gasteiger partial charge in [0.25, 0.3) is 5.91 Å². The highest BCUT2D eigenvalue weighted by Gasteiger charge is 2.15. The van der Waals surface area contributed by atoms with E-state index in [9.17, 15) is 4.79 Å². The van der Waals surface area contributed by atoms with Gasteiger partial charge in [0.05, 0.1) is 0 Å². The largest absolute Gasteiger partial charge is 0.484 e. The van der Waals surface area contributed by atoms with Gasteiger partial charge in [-0.2, -0.15) is 0 Å². The normalized spacial score (nSPS) is 15.0. The van der Waals surface area contributed by atoms with Gasteiger partial charge in [-0.05, 0) is 55.5 Å². The summed E-state index contributed by atoms with van der Waals surface area (Å²) in [6, 6.07) is 16.0. The fraction of sp³-hybridized carbons (Fsp3) is 0.381. The Labute approximate surface area is 144 Å². The van der Waals surface area contributed by atoms with Crippen molar-refractivity contribution >= 4 is 11.6 Å². The van der Waals surface area contributed by atoms with Crippen molar-refractivity contribution < 1.29 is 9.53 Å². The zero-order valence-electron chi connectivity index (χ0n) is 14.3. The average molecular weight is 323 g/mol. The molecule has 3 nitrogen and oxygen atoms in total. The van der Waals surface area contributed by atoms with Crippen LogP contribution in [0.3, 0.4) is 0 Å². The third-order valence-electron chi connectivity index (χ3n) is 4.66. The quantitative estimate of drug-likeness (QED) is 0.835. The Morgan fingerprint density at radius 2 is 1.67 bits per heavy atom. The lowest BCUT2D eigenvalue weighted by atomic mass is 9.84. The van der Waals surface area contributed by atoms with Crippen molar-refractivity contribution in [3.63, 3.8) is 0 Å². The van der Waals surface area contributed by atoms with Crippen LogP contribution in [0.1, 0.15) is 49.1 Å². The van der Waals surface area contributed by atoms with E-state index in [2.05, 4.69) is 17.4 Å². The number of anilines is 1. The number of carbonyl (C=O) groups is 1. The van der Waals surface area contributed by atoms with Crippen molar-refractivity contribution in [2.75, 3.05) is 11.9 Å². The van der Waals surface area contributed by atoms with Gasteiger partial charge in [-0.1, -0.05) is 49.1 Å². The van der Waals surface area contributed by atoms with Crippen LogP contribution in [0.15, 0.2) is 48.5 Å². The molecule has 126 valence electrons. The number of hydrogen-bond acceptors (Lipinski definition) is 2. The number of hydrogen-bond donors (Lipinski definition) is 1. The SMILES string of the molecule is Cc1ccc(NC(=O)COc2ccc(C3CCCCC3)cc2)cc1. The molecule has 3 rings (SSSR count).